The average molecular weight is 236 g/mol. The summed E-state index contributed by atoms with van der Waals surface area (Å²) in [6.45, 7) is 0. The van der Waals surface area contributed by atoms with Crippen molar-refractivity contribution < 1.29 is 0 Å². The largest absolute Gasteiger partial charge is 0.240 e. The number of hydrogen-bond acceptors (Lipinski definition) is 2. The van der Waals surface area contributed by atoms with E-state index in [2.05, 4.69) is 29.2 Å². The van der Waals surface area contributed by atoms with E-state index in [1.165, 1.54) is 16.0 Å². The third-order valence-corrected chi connectivity index (χ3v) is 4.28. The topological polar surface area (TPSA) is 12.9 Å². The first-order valence-corrected chi connectivity index (χ1v) is 6.36. The van der Waals surface area contributed by atoms with Gasteiger partial charge in [0.2, 0.25) is 0 Å². The van der Waals surface area contributed by atoms with Crippen LogP contribution in [0.1, 0.15) is 15.4 Å². The van der Waals surface area contributed by atoms with Crippen LogP contribution in [0.2, 0.25) is 0 Å². The summed E-state index contributed by atoms with van der Waals surface area (Å²) in [4.78, 5) is 5.99. The Morgan fingerprint density at radius 3 is 3.00 bits per heavy atom. The highest BCUT2D eigenvalue weighted by atomic mass is 35.5. The molecule has 76 valence electrons. The van der Waals surface area contributed by atoms with Crippen LogP contribution in [0.3, 0.4) is 0 Å². The minimum absolute atomic E-state index is 0.528. The van der Waals surface area contributed by atoms with Gasteiger partial charge in [0.1, 0.15) is 5.01 Å². The summed E-state index contributed by atoms with van der Waals surface area (Å²) in [7, 11) is 0. The maximum absolute atomic E-state index is 5.82. The fourth-order valence-corrected chi connectivity index (χ4v) is 3.21. The quantitative estimate of drug-likeness (QED) is 0.688. The van der Waals surface area contributed by atoms with Crippen molar-refractivity contribution in [3.8, 4) is 11.3 Å². The van der Waals surface area contributed by atoms with Gasteiger partial charge in [-0.1, -0.05) is 24.3 Å². The summed E-state index contributed by atoms with van der Waals surface area (Å²) >= 11 is 7.58. The number of aromatic nitrogens is 1. The van der Waals surface area contributed by atoms with E-state index in [4.69, 9.17) is 11.6 Å². The lowest BCUT2D eigenvalue weighted by Gasteiger charge is -2.13. The second-order valence-corrected chi connectivity index (χ2v) is 5.11. The molecule has 1 aromatic heterocycles. The molecule has 0 N–H and O–H groups in total. The van der Waals surface area contributed by atoms with Gasteiger partial charge in [-0.3, -0.25) is 0 Å². The molecule has 0 spiro atoms. The van der Waals surface area contributed by atoms with Gasteiger partial charge in [0.15, 0.2) is 0 Å². The fourth-order valence-electron chi connectivity index (χ4n) is 2.05. The van der Waals surface area contributed by atoms with E-state index >= 15 is 0 Å². The van der Waals surface area contributed by atoms with Gasteiger partial charge in [0.05, 0.1) is 11.6 Å². The minimum Gasteiger partial charge on any atom is -0.240 e. The smallest absolute Gasteiger partial charge is 0.108 e. The molecule has 1 heterocycles. The molecule has 1 aromatic carbocycles. The fraction of sp³-hybridized carbons (Fsp3) is 0.250. The Labute approximate surface area is 97.7 Å². The molecular formula is C12H10ClNS. The zero-order valence-corrected chi connectivity index (χ0v) is 9.74. The second-order valence-electron chi connectivity index (χ2n) is 3.67. The maximum atomic E-state index is 5.82. The van der Waals surface area contributed by atoms with Crippen molar-refractivity contribution >= 4 is 22.9 Å². The Hall–Kier alpha value is -0.860. The number of thiazole rings is 1. The predicted octanol–water partition coefficient (Wildman–Crippen LogP) is 3.65. The number of benzene rings is 1. The number of alkyl halides is 1. The summed E-state index contributed by atoms with van der Waals surface area (Å²) in [6.07, 6.45) is 2.24. The van der Waals surface area contributed by atoms with Crippen molar-refractivity contribution in [2.45, 2.75) is 18.7 Å². The van der Waals surface area contributed by atoms with E-state index < -0.39 is 0 Å². The zero-order chi connectivity index (χ0) is 10.3. The Morgan fingerprint density at radius 2 is 2.13 bits per heavy atom. The van der Waals surface area contributed by atoms with Crippen LogP contribution in [-0.2, 0) is 18.7 Å². The van der Waals surface area contributed by atoms with Crippen molar-refractivity contribution in [2.75, 3.05) is 0 Å². The van der Waals surface area contributed by atoms with Gasteiger partial charge in [-0.05, 0) is 18.4 Å². The van der Waals surface area contributed by atoms with Gasteiger partial charge in [0, 0.05) is 10.4 Å². The van der Waals surface area contributed by atoms with Gasteiger partial charge >= 0.3 is 0 Å². The SMILES string of the molecule is ClCc1nc2c(s1)CCc1ccccc1-2. The molecule has 0 saturated heterocycles. The molecule has 0 fully saturated rings. The summed E-state index contributed by atoms with van der Waals surface area (Å²) in [5.74, 6) is 0.528. The number of fused-ring (bicyclic) bond motifs is 3. The zero-order valence-electron chi connectivity index (χ0n) is 8.16. The molecule has 3 heteroatoms. The lowest BCUT2D eigenvalue weighted by atomic mass is 9.94. The van der Waals surface area contributed by atoms with Crippen molar-refractivity contribution in [3.63, 3.8) is 0 Å². The van der Waals surface area contributed by atoms with Crippen LogP contribution in [0.25, 0.3) is 11.3 Å². The molecule has 0 amide bonds. The molecule has 0 saturated carbocycles. The molecular weight excluding hydrogens is 226 g/mol. The molecule has 0 aliphatic heterocycles. The molecule has 3 rings (SSSR count). The van der Waals surface area contributed by atoms with Crippen molar-refractivity contribution in [2.24, 2.45) is 0 Å². The second kappa shape index (κ2) is 3.62. The summed E-state index contributed by atoms with van der Waals surface area (Å²) < 4.78 is 0. The van der Waals surface area contributed by atoms with Gasteiger partial charge < -0.3 is 0 Å². The van der Waals surface area contributed by atoms with Crippen LogP contribution < -0.4 is 0 Å². The van der Waals surface area contributed by atoms with E-state index in [1.807, 2.05) is 0 Å². The minimum atomic E-state index is 0.528. The van der Waals surface area contributed by atoms with Gasteiger partial charge in [-0.15, -0.1) is 22.9 Å². The third-order valence-electron chi connectivity index (χ3n) is 2.75. The molecule has 0 bridgehead atoms. The van der Waals surface area contributed by atoms with Gasteiger partial charge in [0.25, 0.3) is 0 Å². The first-order valence-electron chi connectivity index (χ1n) is 5.01. The van der Waals surface area contributed by atoms with Crippen LogP contribution in [0.4, 0.5) is 0 Å². The van der Waals surface area contributed by atoms with Gasteiger partial charge in [-0.25, -0.2) is 4.98 Å². The van der Waals surface area contributed by atoms with Crippen LogP contribution in [0.5, 0.6) is 0 Å². The standard InChI is InChI=1S/C12H10ClNS/c13-7-11-14-12-9-4-2-1-3-8(9)5-6-10(12)15-11/h1-4H,5-7H2. The number of rotatable bonds is 1. The lowest BCUT2D eigenvalue weighted by Crippen LogP contribution is -2.01. The maximum Gasteiger partial charge on any atom is 0.108 e. The Balaban J connectivity index is 2.20. The Bertz CT molecular complexity index is 504. The van der Waals surface area contributed by atoms with Crippen LogP contribution in [0, 0.1) is 0 Å². The Morgan fingerprint density at radius 1 is 1.27 bits per heavy atom. The number of halogens is 1. The molecule has 0 unspecified atom stereocenters. The number of hydrogen-bond donors (Lipinski definition) is 0. The van der Waals surface area contributed by atoms with Crippen LogP contribution in [-0.4, -0.2) is 4.98 Å². The molecule has 0 atom stereocenters. The van der Waals surface area contributed by atoms with Crippen LogP contribution in [0.15, 0.2) is 24.3 Å². The van der Waals surface area contributed by atoms with E-state index in [-0.39, 0.29) is 0 Å². The molecule has 1 aliphatic rings. The number of aryl methyl sites for hydroxylation is 2. The van der Waals surface area contributed by atoms with Crippen molar-refractivity contribution in [1.82, 2.24) is 4.98 Å². The third kappa shape index (κ3) is 1.48. The molecule has 2 aromatic rings. The van der Waals surface area contributed by atoms with Crippen molar-refractivity contribution in [1.29, 1.82) is 0 Å². The van der Waals surface area contributed by atoms with E-state index in [9.17, 15) is 0 Å². The molecule has 15 heavy (non-hydrogen) atoms. The first-order chi connectivity index (χ1) is 7.38. The molecule has 1 nitrogen and oxygen atoms in total. The molecule has 1 aliphatic carbocycles. The van der Waals surface area contributed by atoms with E-state index in [0.717, 1.165) is 23.5 Å². The monoisotopic (exact) mass is 235 g/mol. The summed E-state index contributed by atoms with van der Waals surface area (Å²) in [5, 5.41) is 1.04. The highest BCUT2D eigenvalue weighted by molar-refractivity contribution is 7.12. The first kappa shape index (κ1) is 9.37. The van der Waals surface area contributed by atoms with E-state index in [0.29, 0.717) is 5.88 Å². The number of nitrogens with zero attached hydrogens (tertiary/aromatic N) is 1. The summed E-state index contributed by atoms with van der Waals surface area (Å²) in [6, 6.07) is 8.52. The molecule has 0 radical (unpaired) electrons. The van der Waals surface area contributed by atoms with Gasteiger partial charge in [-0.2, -0.15) is 0 Å². The highest BCUT2D eigenvalue weighted by Crippen LogP contribution is 2.36. The van der Waals surface area contributed by atoms with Crippen molar-refractivity contribution in [3.05, 3.63) is 39.7 Å². The normalized spacial score (nSPS) is 13.4. The van der Waals surface area contributed by atoms with E-state index in [1.54, 1.807) is 11.3 Å². The van der Waals surface area contributed by atoms with Crippen LogP contribution >= 0.6 is 22.9 Å². The average Bonchev–Trinajstić information content (AvgIpc) is 2.72. The Kier molecular flexibility index (Phi) is 2.26. The highest BCUT2D eigenvalue weighted by Gasteiger charge is 2.19. The summed E-state index contributed by atoms with van der Waals surface area (Å²) in [5.41, 5.74) is 3.88. The predicted molar refractivity (Wildman–Crippen MR) is 64.5 cm³/mol. The lowest BCUT2D eigenvalue weighted by molar-refractivity contribution is 0.954.